The van der Waals surface area contributed by atoms with E-state index < -0.39 is 87.8 Å². The monoisotopic (exact) mass is 623 g/mol. The highest BCUT2D eigenvalue weighted by atomic mass is 19.4. The van der Waals surface area contributed by atoms with Crippen molar-refractivity contribution in [1.82, 2.24) is 4.98 Å². The van der Waals surface area contributed by atoms with Gasteiger partial charge in [0.15, 0.2) is 0 Å². The molecule has 0 radical (unpaired) electrons. The Hall–Kier alpha value is -3.03. The van der Waals surface area contributed by atoms with Gasteiger partial charge in [0.2, 0.25) is 0 Å². The van der Waals surface area contributed by atoms with E-state index >= 15 is 0 Å². The van der Waals surface area contributed by atoms with Crippen molar-refractivity contribution in [3.05, 3.63) is 44.7 Å². The van der Waals surface area contributed by atoms with E-state index in [9.17, 15) is 84.2 Å². The highest BCUT2D eigenvalue weighted by molar-refractivity contribution is 5.81. The van der Waals surface area contributed by atoms with Crippen LogP contribution in [-0.2, 0) is 0 Å². The van der Waals surface area contributed by atoms with E-state index in [2.05, 4.69) is 4.42 Å². The van der Waals surface area contributed by atoms with Gasteiger partial charge < -0.3 is 4.42 Å². The third-order valence-electron chi connectivity index (χ3n) is 5.69. The first-order valence-electron chi connectivity index (χ1n) is 9.97. The lowest BCUT2D eigenvalue weighted by Gasteiger charge is -2.44. The zero-order valence-electron chi connectivity index (χ0n) is 18.7. The summed E-state index contributed by atoms with van der Waals surface area (Å²) >= 11 is 0. The lowest BCUT2D eigenvalue weighted by Crippen LogP contribution is -2.74. The number of fused-ring (bicyclic) bond motifs is 1. The molecule has 1 aromatic heterocycles. The van der Waals surface area contributed by atoms with Crippen LogP contribution in [0.3, 0.4) is 0 Å². The summed E-state index contributed by atoms with van der Waals surface area (Å²) in [5.74, 6) is -62.7. The number of aromatic nitrogens is 1. The van der Waals surface area contributed by atoms with Crippen molar-refractivity contribution in [1.29, 1.82) is 0 Å². The Bertz CT molecular complexity index is 1370. The molecule has 0 aliphatic rings. The number of H-pyrrole nitrogens is 1. The summed E-state index contributed by atoms with van der Waals surface area (Å²) in [6.07, 6.45) is -9.40. The van der Waals surface area contributed by atoms with Gasteiger partial charge in [0, 0.05) is 0 Å². The van der Waals surface area contributed by atoms with Crippen molar-refractivity contribution in [2.45, 2.75) is 66.9 Å². The molecule has 1 unspecified atom stereocenters. The molecule has 2 rings (SSSR count). The van der Waals surface area contributed by atoms with Crippen molar-refractivity contribution in [2.75, 3.05) is 0 Å². The molecule has 1 N–H and O–H groups in total. The van der Waals surface area contributed by atoms with E-state index in [1.54, 1.807) is 4.98 Å². The Morgan fingerprint density at radius 1 is 0.675 bits per heavy atom. The quantitative estimate of drug-likeness (QED) is 0.307. The number of aromatic amines is 1. The Balaban J connectivity index is 2.79. The highest BCUT2D eigenvalue weighted by Crippen LogP contribution is 2.65. The molecule has 0 spiro atoms. The first-order valence-corrected chi connectivity index (χ1v) is 9.97. The first-order chi connectivity index (χ1) is 17.6. The largest absolute Gasteiger partial charge is 0.460 e. The van der Waals surface area contributed by atoms with E-state index in [4.69, 9.17) is 0 Å². The van der Waals surface area contributed by atoms with Crippen molar-refractivity contribution in [3.8, 4) is 0 Å². The third-order valence-corrected chi connectivity index (χ3v) is 5.69. The molecule has 0 saturated heterocycles. The van der Waals surface area contributed by atoms with Gasteiger partial charge in [-0.2, -0.15) is 74.6 Å². The van der Waals surface area contributed by atoms with Crippen LogP contribution >= 0.6 is 0 Å². The second-order valence-corrected chi connectivity index (χ2v) is 8.10. The summed E-state index contributed by atoms with van der Waals surface area (Å²) in [6, 6.07) is 1.66. The zero-order chi connectivity index (χ0) is 31.7. The van der Waals surface area contributed by atoms with Crippen LogP contribution in [0.5, 0.6) is 0 Å². The predicted octanol–water partition coefficient (Wildman–Crippen LogP) is 6.98. The maximum Gasteiger partial charge on any atom is 0.460 e. The normalized spacial score (nSPS) is 15.9. The second kappa shape index (κ2) is 9.25. The number of halogens is 17. The van der Waals surface area contributed by atoms with Crippen LogP contribution < -0.4 is 11.4 Å². The minimum Gasteiger partial charge on any atom is -0.372 e. The van der Waals surface area contributed by atoms with E-state index in [1.807, 2.05) is 0 Å². The van der Waals surface area contributed by atoms with Crippen molar-refractivity contribution in [3.63, 3.8) is 0 Å². The number of nitrogens with one attached hydrogen (secondary N) is 1. The number of alkyl halides is 17. The van der Waals surface area contributed by atoms with Gasteiger partial charge >= 0.3 is 59.0 Å². The van der Waals surface area contributed by atoms with Gasteiger partial charge in [-0.05, 0) is 18.1 Å². The number of rotatable bonds is 9. The summed E-state index contributed by atoms with van der Waals surface area (Å²) in [7, 11) is 0. The summed E-state index contributed by atoms with van der Waals surface area (Å²) < 4.78 is 236. The van der Waals surface area contributed by atoms with Crippen LogP contribution in [0.1, 0.15) is 24.8 Å². The molecule has 1 atom stereocenters. The molecule has 21 heteroatoms. The summed E-state index contributed by atoms with van der Waals surface area (Å²) in [6.45, 7) is 0.462. The van der Waals surface area contributed by atoms with Crippen LogP contribution in [0, 0.1) is 0 Å². The smallest absolute Gasteiger partial charge is 0.372 e. The molecular weight excluding hydrogens is 613 g/mol. The maximum absolute atomic E-state index is 14.9. The molecule has 40 heavy (non-hydrogen) atoms. The Morgan fingerprint density at radius 3 is 1.52 bits per heavy atom. The van der Waals surface area contributed by atoms with Gasteiger partial charge in [0.25, 0.3) is 0 Å². The van der Waals surface area contributed by atoms with Crippen LogP contribution in [-0.4, -0.2) is 52.6 Å². The average Bonchev–Trinajstić information content (AvgIpc) is 2.77. The first kappa shape index (κ1) is 33.2. The molecular formula is C19H10F17NO3. The van der Waals surface area contributed by atoms with Gasteiger partial charge in [-0.15, -0.1) is 0 Å². The summed E-state index contributed by atoms with van der Waals surface area (Å²) in [5.41, 5.74) is -4.13. The lowest BCUT2D eigenvalue weighted by molar-refractivity contribution is -0.462. The fourth-order valence-corrected chi connectivity index (χ4v) is 3.53. The molecule has 4 nitrogen and oxygen atoms in total. The minimum absolute atomic E-state index is 0.304. The molecule has 0 saturated carbocycles. The van der Waals surface area contributed by atoms with Crippen LogP contribution in [0.4, 0.5) is 74.6 Å². The topological polar surface area (TPSA) is 63.1 Å². The molecule has 0 bridgehead atoms. The molecule has 1 aromatic carbocycles. The zero-order valence-corrected chi connectivity index (χ0v) is 18.7. The lowest BCUT2D eigenvalue weighted by atomic mass is 9.80. The Kier molecular flexibility index (Phi) is 7.67. The van der Waals surface area contributed by atoms with Crippen molar-refractivity contribution < 1.29 is 79.1 Å². The van der Waals surface area contributed by atoms with E-state index in [0.717, 1.165) is 6.07 Å². The number of hydrogen-bond donors (Lipinski definition) is 1. The van der Waals surface area contributed by atoms with Crippen molar-refractivity contribution in [2.24, 2.45) is 0 Å². The molecule has 1 heterocycles. The van der Waals surface area contributed by atoms with Gasteiger partial charge in [-0.25, -0.2) is 9.59 Å². The number of benzene rings is 1. The molecule has 0 amide bonds. The molecule has 0 fully saturated rings. The van der Waals surface area contributed by atoms with Crippen molar-refractivity contribution >= 4 is 10.9 Å². The Morgan fingerprint density at radius 2 is 1.10 bits per heavy atom. The second-order valence-electron chi connectivity index (χ2n) is 8.10. The fourth-order valence-electron chi connectivity index (χ4n) is 3.53. The summed E-state index contributed by atoms with van der Waals surface area (Å²) in [4.78, 5) is 24.9. The molecule has 0 aliphatic carbocycles. The molecule has 2 aromatic rings. The SMILES string of the molecule is CCC(c1cccc2[nH]c(=O)oc(=O)c12)C(F)(F)C(F)(F)C(F)(F)C(F)(F)C(F)(F)C(F)(F)C(F)(F)C(F)(F)F. The summed E-state index contributed by atoms with van der Waals surface area (Å²) in [5, 5.41) is -1.25. The minimum atomic E-state index is -8.75. The third kappa shape index (κ3) is 4.20. The maximum atomic E-state index is 14.9. The van der Waals surface area contributed by atoms with Gasteiger partial charge in [0.1, 0.15) is 0 Å². The standard InChI is InChI=1S/C19H10F17NO3/c1-2-7(6-4-3-5-8-9(6)10(38)40-11(39)37-8)12(20,21)13(22,23)14(24,25)15(26,27)16(28,29)17(30,31)18(32,33)19(34,35)36/h3-5,7H,2H2,1H3,(H,37,39). The average molecular weight is 623 g/mol. The van der Waals surface area contributed by atoms with Gasteiger partial charge in [-0.3, -0.25) is 4.98 Å². The molecule has 228 valence electrons. The predicted molar refractivity (Wildman–Crippen MR) is 96.8 cm³/mol. The van der Waals surface area contributed by atoms with E-state index in [1.165, 1.54) is 0 Å². The van der Waals surface area contributed by atoms with E-state index in [-0.39, 0.29) is 0 Å². The molecule has 0 aliphatic heterocycles. The van der Waals surface area contributed by atoms with Crippen LogP contribution in [0.25, 0.3) is 10.9 Å². The Labute approximate surface area is 207 Å². The fraction of sp³-hybridized carbons (Fsp3) is 0.579. The van der Waals surface area contributed by atoms with Gasteiger partial charge in [0.05, 0.1) is 16.8 Å². The van der Waals surface area contributed by atoms with Crippen LogP contribution in [0.15, 0.2) is 32.2 Å². The number of hydrogen-bond acceptors (Lipinski definition) is 3. The van der Waals surface area contributed by atoms with Gasteiger partial charge in [-0.1, -0.05) is 19.1 Å². The van der Waals surface area contributed by atoms with E-state index in [0.29, 0.717) is 19.1 Å². The van der Waals surface area contributed by atoms with Crippen LogP contribution in [0.2, 0.25) is 0 Å². The highest BCUT2D eigenvalue weighted by Gasteiger charge is 2.95.